The van der Waals surface area contributed by atoms with Gasteiger partial charge in [0.25, 0.3) is 5.91 Å². The number of aromatic hydroxyl groups is 1. The summed E-state index contributed by atoms with van der Waals surface area (Å²) >= 11 is 0. The Kier molecular flexibility index (Phi) is 15.9. The van der Waals surface area contributed by atoms with Crippen LogP contribution in [0.1, 0.15) is 88.8 Å². The molecule has 0 spiro atoms. The van der Waals surface area contributed by atoms with E-state index in [0.717, 1.165) is 55.1 Å². The van der Waals surface area contributed by atoms with Crippen LogP contribution in [0.4, 0.5) is 5.69 Å². The van der Waals surface area contributed by atoms with Crippen LogP contribution in [0.3, 0.4) is 0 Å². The van der Waals surface area contributed by atoms with Gasteiger partial charge in [0.15, 0.2) is 10.9 Å². The normalized spacial score (nSPS) is 23.9. The van der Waals surface area contributed by atoms with Crippen molar-refractivity contribution in [2.24, 2.45) is 23.2 Å². The molecule has 6 bridgehead atoms. The summed E-state index contributed by atoms with van der Waals surface area (Å²) in [6.45, 7) is 14.8. The van der Waals surface area contributed by atoms with E-state index in [4.69, 9.17) is 19.2 Å². The molecule has 19 nitrogen and oxygen atoms in total. The summed E-state index contributed by atoms with van der Waals surface area (Å²) in [5.74, 6) is -2.40. The average molecular weight is 1080 g/mol. The van der Waals surface area contributed by atoms with E-state index in [1.165, 1.54) is 10.0 Å². The lowest BCUT2D eigenvalue weighted by Crippen LogP contribution is -2.63. The van der Waals surface area contributed by atoms with Crippen molar-refractivity contribution in [1.29, 1.82) is 0 Å². The van der Waals surface area contributed by atoms with E-state index >= 15 is 4.79 Å². The minimum Gasteiger partial charge on any atom is -0.508 e. The van der Waals surface area contributed by atoms with Gasteiger partial charge in [0.1, 0.15) is 24.4 Å². The minimum atomic E-state index is -1.19. The average Bonchev–Trinajstić information content (AvgIpc) is 4.20. The number of carbonyl (C=O) groups excluding carboxylic acids is 4. The fourth-order valence-electron chi connectivity index (χ4n) is 12.6. The van der Waals surface area contributed by atoms with Crippen molar-refractivity contribution in [3.05, 3.63) is 106 Å². The van der Waals surface area contributed by atoms with Crippen molar-refractivity contribution >= 4 is 40.3 Å². The molecule has 1 aliphatic carbocycles. The Morgan fingerprint density at radius 1 is 1.01 bits per heavy atom. The summed E-state index contributed by atoms with van der Waals surface area (Å²) in [6, 6.07) is 20.3. The Morgan fingerprint density at radius 2 is 1.77 bits per heavy atom. The second-order valence-corrected chi connectivity index (χ2v) is 23.3. The van der Waals surface area contributed by atoms with E-state index in [2.05, 4.69) is 59.2 Å². The van der Waals surface area contributed by atoms with Gasteiger partial charge in [-0.2, -0.15) is 0 Å². The third-order valence-electron chi connectivity index (χ3n) is 16.9. The molecule has 420 valence electrons. The van der Waals surface area contributed by atoms with Gasteiger partial charge in [0.05, 0.1) is 60.5 Å². The lowest BCUT2D eigenvalue weighted by Gasteiger charge is -2.36. The molecule has 8 atom stereocenters. The zero-order chi connectivity index (χ0) is 56.0. The molecule has 4 N–H and O–H groups in total. The molecule has 10 rings (SSSR count). The maximum atomic E-state index is 15.1. The highest BCUT2D eigenvalue weighted by molar-refractivity contribution is 5.96. The number of aliphatic hydroxyl groups is 1. The molecule has 19 heteroatoms. The molecular weight excluding hydrogens is 1010 g/mol. The number of phenols is 1. The number of esters is 1. The summed E-state index contributed by atoms with van der Waals surface area (Å²) in [4.78, 5) is 80.9. The molecule has 4 fully saturated rings. The van der Waals surface area contributed by atoms with Crippen LogP contribution in [0.15, 0.2) is 79.0 Å². The highest BCUT2D eigenvalue weighted by Crippen LogP contribution is 2.46. The number of aromatic nitrogens is 2. The van der Waals surface area contributed by atoms with Crippen molar-refractivity contribution in [2.45, 2.75) is 110 Å². The van der Waals surface area contributed by atoms with E-state index in [0.29, 0.717) is 76.3 Å². The fourth-order valence-corrected chi connectivity index (χ4v) is 12.6. The number of hydrogen-bond donors (Lipinski definition) is 4. The first-order valence-electron chi connectivity index (χ1n) is 27.9. The number of piperazine rings is 1. The first-order chi connectivity index (χ1) is 37.9. The summed E-state index contributed by atoms with van der Waals surface area (Å²) in [5, 5.41) is 28.0. The van der Waals surface area contributed by atoms with Gasteiger partial charge in [-0.05, 0) is 109 Å². The molecule has 79 heavy (non-hydrogen) atoms. The van der Waals surface area contributed by atoms with Crippen molar-refractivity contribution in [3.63, 3.8) is 0 Å². The molecule has 5 aromatic rings. The summed E-state index contributed by atoms with van der Waals surface area (Å²) < 4.78 is 20.6. The number of aliphatic hydroxyl groups excluding tert-OH is 1. The number of cyclic esters (lactones) is 1. The van der Waals surface area contributed by atoms with Gasteiger partial charge in [-0.3, -0.25) is 29.2 Å². The standard InChI is InChI=1S/C60H75N9O10/c1-9-67-50-16-15-39-27-46(50)48(55(67)47-29-42(31-61-52(47)36(4)77-8)65-18-20-66(21-19-65)51(72)33-70)30-60(5,6)34-79-59(75)53-45-28-41(45)32-68(63-53)57(74)49(25-37-23-40(39)26-43(71)24-37)62-56(73)54(35(2)3)64(7)69(76)58-44(17-22-78-58)38-13-11-10-12-14-38/h10-16,23-24,26-27,29,31,35-36,41,44-45,49,53-54,58,63,70H,9,17-22,25,28,30,32-34H2,1-8H3,(H-,62,71,73)/p+1/t36-,41?,44+,45-,49-,53-,54-,58+/m0/s1. The lowest BCUT2D eigenvalue weighted by atomic mass is 9.84. The molecule has 3 amide bonds. The van der Waals surface area contributed by atoms with Crippen molar-refractivity contribution in [1.82, 2.24) is 35.2 Å². The fraction of sp³-hybridized carbons (Fsp3) is 0.517. The monoisotopic (exact) mass is 1080 g/mol. The number of pyridine rings is 1. The number of phenolic OH excluding ortho intramolecular Hbond substituents is 1. The number of nitrogens with zero attached hydrogens (tertiary/aromatic N) is 7. The third kappa shape index (κ3) is 11.2. The number of ether oxygens (including phenoxy) is 3. The number of rotatable bonds is 13. The van der Waals surface area contributed by atoms with Crippen LogP contribution in [0, 0.1) is 28.1 Å². The topological polar surface area (TPSA) is 211 Å². The molecule has 1 unspecified atom stereocenters. The third-order valence-corrected chi connectivity index (χ3v) is 16.9. The number of nitroso groups, excluding NO2 is 1. The number of hydrogen-bond acceptors (Lipinski definition) is 13. The van der Waals surface area contributed by atoms with Gasteiger partial charge in [-0.15, -0.1) is 5.01 Å². The number of amides is 3. The molecule has 0 radical (unpaired) electrons. The number of aryl methyl sites for hydroxylation is 1. The predicted molar refractivity (Wildman–Crippen MR) is 297 cm³/mol. The SMILES string of the molecule is CCn1c(-c2cc(N3CCN(C(=O)CO)CC3)cnc2[C@H](C)OC)c2c3cc(ccc31)-c1cc(O)cc(c1)C[C@H](NC(=O)[C@H](C(C)C)N(C)[N+](=O)[C@@H]1OCC[C@@H]1c1ccccc1)C(=O)N1CC3C[C@@H]3[C@H](N1)C(=O)OCC(C)(C)C2. The first-order valence-corrected chi connectivity index (χ1v) is 27.9. The number of carbonyl (C=O) groups is 4. The zero-order valence-electron chi connectivity index (χ0n) is 46.7. The second kappa shape index (κ2) is 22.7. The van der Waals surface area contributed by atoms with E-state index in [-0.39, 0.29) is 54.5 Å². The van der Waals surface area contributed by atoms with Gasteiger partial charge in [-0.25, -0.2) is 5.43 Å². The molecule has 2 aromatic heterocycles. The maximum absolute atomic E-state index is 15.1. The Morgan fingerprint density at radius 3 is 2.48 bits per heavy atom. The van der Waals surface area contributed by atoms with Gasteiger partial charge in [0.2, 0.25) is 11.8 Å². The number of anilines is 1. The molecule has 4 aliphatic heterocycles. The smallest absolute Gasteiger partial charge is 0.344 e. The molecule has 3 saturated heterocycles. The largest absolute Gasteiger partial charge is 0.508 e. The van der Waals surface area contributed by atoms with E-state index in [1.54, 1.807) is 31.2 Å². The Balaban J connectivity index is 1.05. The van der Waals surface area contributed by atoms with Gasteiger partial charge in [0, 0.05) is 74.7 Å². The van der Waals surface area contributed by atoms with Crippen LogP contribution >= 0.6 is 0 Å². The quantitative estimate of drug-likeness (QED) is 0.0594. The number of methoxy groups -OCH3 is 1. The van der Waals surface area contributed by atoms with E-state index in [9.17, 15) is 29.5 Å². The maximum Gasteiger partial charge on any atom is 0.344 e. The van der Waals surface area contributed by atoms with Crippen LogP contribution < -0.4 is 15.6 Å². The summed E-state index contributed by atoms with van der Waals surface area (Å²) in [6.07, 6.45) is 2.40. The van der Waals surface area contributed by atoms with Gasteiger partial charge in [-0.1, -0.05) is 70.2 Å². The zero-order valence-corrected chi connectivity index (χ0v) is 46.7. The Labute approximate surface area is 461 Å². The number of hydrazine groups is 2. The first kappa shape index (κ1) is 55.4. The number of nitrogens with one attached hydrogen (secondary N) is 2. The van der Waals surface area contributed by atoms with Crippen LogP contribution in [0.2, 0.25) is 0 Å². The molecular formula is C60H76N9O10+. The molecule has 6 heterocycles. The lowest BCUT2D eigenvalue weighted by molar-refractivity contribution is -0.763. The van der Waals surface area contributed by atoms with Crippen LogP contribution in [0.25, 0.3) is 33.3 Å². The molecule has 3 aromatic carbocycles. The van der Waals surface area contributed by atoms with Gasteiger partial charge >= 0.3 is 12.2 Å². The van der Waals surface area contributed by atoms with E-state index in [1.807, 2.05) is 69.4 Å². The Hall–Kier alpha value is -6.93. The predicted octanol–water partition coefficient (Wildman–Crippen LogP) is 6.13. The van der Waals surface area contributed by atoms with Crippen LogP contribution in [-0.2, 0) is 52.8 Å². The highest BCUT2D eigenvalue weighted by atomic mass is 16.5. The molecule has 1 saturated carbocycles. The summed E-state index contributed by atoms with van der Waals surface area (Å²) in [7, 11) is 3.24. The van der Waals surface area contributed by atoms with E-state index < -0.39 is 54.2 Å². The number of likely N-dealkylation sites (N-methyl/N-ethyl adjacent to an activating group) is 1. The van der Waals surface area contributed by atoms with Crippen molar-refractivity contribution < 1.29 is 48.5 Å². The van der Waals surface area contributed by atoms with Crippen molar-refractivity contribution in [3.8, 4) is 28.1 Å². The Bertz CT molecular complexity index is 3120. The summed E-state index contributed by atoms with van der Waals surface area (Å²) in [5.41, 5.74) is 11.1. The van der Waals surface area contributed by atoms with Crippen LogP contribution in [0.5, 0.6) is 5.75 Å². The minimum absolute atomic E-state index is 0.0265. The van der Waals surface area contributed by atoms with Crippen molar-refractivity contribution in [2.75, 3.05) is 71.6 Å². The number of benzene rings is 3. The van der Waals surface area contributed by atoms with Gasteiger partial charge < -0.3 is 44.1 Å². The number of fused-ring (bicyclic) bond motifs is 8. The highest BCUT2D eigenvalue weighted by Gasteiger charge is 2.54. The molecule has 5 aliphatic rings. The second-order valence-electron chi connectivity index (χ2n) is 23.3. The van der Waals surface area contributed by atoms with Crippen LogP contribution in [-0.4, -0.2) is 154 Å².